The van der Waals surface area contributed by atoms with Gasteiger partial charge in [-0.2, -0.15) is 0 Å². The number of H-pyrrole nitrogens is 1. The molecule has 0 bridgehead atoms. The minimum absolute atomic E-state index is 0.0534. The number of hydrogen-bond acceptors (Lipinski definition) is 6. The van der Waals surface area contributed by atoms with E-state index in [9.17, 15) is 19.0 Å². The Labute approximate surface area is 151 Å². The Morgan fingerprint density at radius 1 is 1.38 bits per heavy atom. The van der Waals surface area contributed by atoms with Crippen molar-refractivity contribution in [2.75, 3.05) is 6.61 Å². The van der Waals surface area contributed by atoms with Crippen LogP contribution in [0.1, 0.15) is 45.9 Å². The molecule has 4 atom stereocenters. The highest BCUT2D eigenvalue weighted by molar-refractivity contribution is 7.53. The average molecular weight is 390 g/mol. The summed E-state index contributed by atoms with van der Waals surface area (Å²) in [5.74, 6) is 0. The fraction of sp³-hybridized carbons (Fsp3) is 0.750. The smallest absolute Gasteiger partial charge is 0.330 e. The first kappa shape index (κ1) is 21.1. The van der Waals surface area contributed by atoms with Crippen molar-refractivity contribution in [3.8, 4) is 0 Å². The summed E-state index contributed by atoms with van der Waals surface area (Å²) in [4.78, 5) is 35.9. The molecular weight excluding hydrogens is 363 g/mol. The monoisotopic (exact) mass is 390 g/mol. The van der Waals surface area contributed by atoms with Gasteiger partial charge in [-0.3, -0.25) is 18.9 Å². The van der Waals surface area contributed by atoms with Gasteiger partial charge in [0.2, 0.25) is 0 Å². The molecule has 2 N–H and O–H groups in total. The van der Waals surface area contributed by atoms with Crippen molar-refractivity contribution in [1.82, 2.24) is 9.55 Å². The second kappa shape index (κ2) is 8.19. The molecule has 0 amide bonds. The van der Waals surface area contributed by atoms with E-state index in [4.69, 9.17) is 14.0 Å². The van der Waals surface area contributed by atoms with Crippen LogP contribution in [0.3, 0.4) is 0 Å². The molecule has 2 rings (SSSR count). The maximum atomic E-state index is 12.3. The van der Waals surface area contributed by atoms with Gasteiger partial charge >= 0.3 is 13.3 Å². The summed E-state index contributed by atoms with van der Waals surface area (Å²) in [6, 6.07) is 0. The number of ether oxygens (including phenoxy) is 2. The van der Waals surface area contributed by atoms with Crippen LogP contribution in [0.2, 0.25) is 0 Å². The van der Waals surface area contributed by atoms with E-state index in [1.165, 1.54) is 10.8 Å². The second-order valence-electron chi connectivity index (χ2n) is 7.03. The zero-order valence-corrected chi connectivity index (χ0v) is 16.6. The van der Waals surface area contributed by atoms with Crippen molar-refractivity contribution in [2.45, 2.75) is 71.2 Å². The van der Waals surface area contributed by atoms with Crippen molar-refractivity contribution in [3.63, 3.8) is 0 Å². The van der Waals surface area contributed by atoms with Gasteiger partial charge in [0.1, 0.15) is 12.3 Å². The van der Waals surface area contributed by atoms with Gasteiger partial charge in [0.05, 0.1) is 24.5 Å². The van der Waals surface area contributed by atoms with E-state index in [1.54, 1.807) is 20.8 Å². The fourth-order valence-corrected chi connectivity index (χ4v) is 3.39. The molecule has 0 aromatic carbocycles. The molecule has 1 unspecified atom stereocenters. The van der Waals surface area contributed by atoms with Crippen LogP contribution in [0.4, 0.5) is 0 Å². The number of aromatic nitrogens is 2. The Morgan fingerprint density at radius 3 is 2.62 bits per heavy atom. The summed E-state index contributed by atoms with van der Waals surface area (Å²) in [5.41, 5.74) is -1.27. The minimum atomic E-state index is -3.83. The van der Waals surface area contributed by atoms with Crippen LogP contribution in [-0.2, 0) is 18.6 Å². The van der Waals surface area contributed by atoms with E-state index in [-0.39, 0.29) is 19.1 Å². The van der Waals surface area contributed by atoms with Crippen LogP contribution in [0.25, 0.3) is 0 Å². The highest BCUT2D eigenvalue weighted by atomic mass is 31.2. The zero-order valence-electron chi connectivity index (χ0n) is 15.7. The molecule has 10 heteroatoms. The summed E-state index contributed by atoms with van der Waals surface area (Å²) >= 11 is 0. The Hall–Kier alpha value is -1.25. The van der Waals surface area contributed by atoms with Gasteiger partial charge in [0, 0.05) is 18.2 Å². The summed E-state index contributed by atoms with van der Waals surface area (Å²) in [5, 5.41) is 0. The van der Waals surface area contributed by atoms with Gasteiger partial charge in [-0.25, -0.2) is 4.79 Å². The lowest BCUT2D eigenvalue weighted by Crippen LogP contribution is -2.33. The van der Waals surface area contributed by atoms with E-state index >= 15 is 0 Å². The molecule has 26 heavy (non-hydrogen) atoms. The Kier molecular flexibility index (Phi) is 6.63. The van der Waals surface area contributed by atoms with Crippen molar-refractivity contribution in [1.29, 1.82) is 0 Å². The van der Waals surface area contributed by atoms with Gasteiger partial charge in [-0.15, -0.1) is 0 Å². The lowest BCUT2D eigenvalue weighted by Gasteiger charge is -2.24. The molecular formula is C16H27N2O7P. The summed E-state index contributed by atoms with van der Waals surface area (Å²) in [6.07, 6.45) is -0.500. The molecule has 1 aromatic rings. The molecule has 1 aliphatic rings. The van der Waals surface area contributed by atoms with Gasteiger partial charge in [0.25, 0.3) is 5.56 Å². The topological polar surface area (TPSA) is 120 Å². The molecule has 0 spiro atoms. The minimum Gasteiger partial charge on any atom is -0.376 e. The number of nitrogens with one attached hydrogen (secondary N) is 1. The first-order valence-electron chi connectivity index (χ1n) is 8.61. The van der Waals surface area contributed by atoms with Crippen molar-refractivity contribution >= 4 is 7.60 Å². The van der Waals surface area contributed by atoms with Crippen molar-refractivity contribution in [2.24, 2.45) is 0 Å². The number of rotatable bonds is 7. The number of nitrogens with zero attached hydrogens (tertiary/aromatic N) is 1. The highest BCUT2D eigenvalue weighted by Gasteiger charge is 2.42. The quantitative estimate of drug-likeness (QED) is 0.678. The molecule has 1 aromatic heterocycles. The van der Waals surface area contributed by atoms with Crippen LogP contribution in [-0.4, -0.2) is 45.0 Å². The summed E-state index contributed by atoms with van der Waals surface area (Å²) < 4.78 is 30.5. The largest absolute Gasteiger partial charge is 0.376 e. The molecule has 1 fully saturated rings. The maximum absolute atomic E-state index is 12.3. The molecule has 0 saturated carbocycles. The first-order chi connectivity index (χ1) is 12.0. The first-order valence-corrected chi connectivity index (χ1v) is 10.3. The third kappa shape index (κ3) is 4.92. The molecule has 1 aliphatic heterocycles. The second-order valence-corrected chi connectivity index (χ2v) is 9.40. The molecule has 0 radical (unpaired) electrons. The van der Waals surface area contributed by atoms with Crippen molar-refractivity contribution in [3.05, 3.63) is 32.6 Å². The van der Waals surface area contributed by atoms with E-state index in [2.05, 4.69) is 4.98 Å². The average Bonchev–Trinajstić information content (AvgIpc) is 2.90. The molecule has 9 nitrogen and oxygen atoms in total. The normalized spacial score (nSPS) is 25.8. The van der Waals surface area contributed by atoms with E-state index in [0.717, 1.165) is 0 Å². The van der Waals surface area contributed by atoms with Crippen LogP contribution < -0.4 is 11.2 Å². The van der Waals surface area contributed by atoms with Gasteiger partial charge < -0.3 is 18.9 Å². The van der Waals surface area contributed by atoms with E-state index in [0.29, 0.717) is 5.56 Å². The SMILES string of the molecule is Cc1cn([C@H]2C[C@@H](OP(=O)(O)C(C)C)[C@@H](COC(C)C)O2)c(=O)[nH]c1=O. The molecule has 1 saturated heterocycles. The van der Waals surface area contributed by atoms with E-state index in [1.807, 2.05) is 13.8 Å². The Balaban J connectivity index is 2.26. The van der Waals surface area contributed by atoms with Crippen LogP contribution >= 0.6 is 7.60 Å². The van der Waals surface area contributed by atoms with E-state index < -0.39 is 42.9 Å². The van der Waals surface area contributed by atoms with Gasteiger partial charge in [-0.1, -0.05) is 13.8 Å². The summed E-state index contributed by atoms with van der Waals surface area (Å²) in [6.45, 7) is 8.67. The Morgan fingerprint density at radius 2 is 2.04 bits per heavy atom. The number of hydrogen-bond donors (Lipinski definition) is 2. The maximum Gasteiger partial charge on any atom is 0.330 e. The zero-order chi connectivity index (χ0) is 19.6. The standard InChI is InChI=1S/C16H27N2O7P/c1-9(2)23-8-13-12(25-26(21,22)10(3)4)6-14(24-13)18-7-11(5)15(19)17-16(18)20/h7,9-10,12-14H,6,8H2,1-5H3,(H,21,22)(H,17,19,20)/t12-,13-,14-/m1/s1. The molecule has 0 aliphatic carbocycles. The lowest BCUT2D eigenvalue weighted by atomic mass is 10.2. The van der Waals surface area contributed by atoms with Crippen LogP contribution in [0.15, 0.2) is 15.8 Å². The molecule has 2 heterocycles. The number of aryl methyl sites for hydroxylation is 1. The molecule has 148 valence electrons. The van der Waals surface area contributed by atoms with Crippen molar-refractivity contribution < 1.29 is 23.5 Å². The third-order valence-corrected chi connectivity index (χ3v) is 6.05. The van der Waals surface area contributed by atoms with Crippen LogP contribution in [0, 0.1) is 6.92 Å². The fourth-order valence-electron chi connectivity index (χ4n) is 2.54. The third-order valence-electron chi connectivity index (χ3n) is 4.17. The predicted octanol–water partition coefficient (Wildman–Crippen LogP) is 1.54. The van der Waals surface area contributed by atoms with Gasteiger partial charge in [-0.05, 0) is 20.8 Å². The lowest BCUT2D eigenvalue weighted by molar-refractivity contribution is -0.0724. The van der Waals surface area contributed by atoms with Crippen LogP contribution in [0.5, 0.6) is 0 Å². The predicted molar refractivity (Wildman–Crippen MR) is 95.5 cm³/mol. The van der Waals surface area contributed by atoms with Gasteiger partial charge in [0.15, 0.2) is 0 Å². The number of aromatic amines is 1. The summed E-state index contributed by atoms with van der Waals surface area (Å²) in [7, 11) is -3.83. The Bertz CT molecular complexity index is 786. The highest BCUT2D eigenvalue weighted by Crippen LogP contribution is 2.51.